The summed E-state index contributed by atoms with van der Waals surface area (Å²) in [6, 6.07) is 1.85. The third-order valence-electron chi connectivity index (χ3n) is 3.20. The minimum absolute atomic E-state index is 0.000611. The fourth-order valence-electron chi connectivity index (χ4n) is 2.33. The zero-order chi connectivity index (χ0) is 13.2. The minimum Gasteiger partial charge on any atom is -0.346 e. The minimum atomic E-state index is -0.000611. The number of aromatic amines is 1. The number of aromatic nitrogens is 3. The molecular formula is C11H11N7O. The van der Waals surface area contributed by atoms with Crippen molar-refractivity contribution < 1.29 is 4.79 Å². The van der Waals surface area contributed by atoms with Crippen LogP contribution in [0.1, 0.15) is 6.42 Å². The van der Waals surface area contributed by atoms with Gasteiger partial charge < -0.3 is 4.98 Å². The van der Waals surface area contributed by atoms with Crippen LogP contribution in [0.25, 0.3) is 21.5 Å². The lowest BCUT2D eigenvalue weighted by Crippen LogP contribution is -2.26. The Morgan fingerprint density at radius 1 is 1.58 bits per heavy atom. The Bertz CT molecular complexity index is 672. The smallest absolute Gasteiger partial charge is 0.228 e. The lowest BCUT2D eigenvalue weighted by atomic mass is 10.1. The van der Waals surface area contributed by atoms with Crippen molar-refractivity contribution in [2.24, 2.45) is 11.0 Å². The van der Waals surface area contributed by atoms with Crippen LogP contribution in [0.3, 0.4) is 0 Å². The molecule has 0 saturated carbocycles. The molecule has 0 aliphatic carbocycles. The van der Waals surface area contributed by atoms with Crippen molar-refractivity contribution in [1.29, 1.82) is 0 Å². The fraction of sp³-hybridized carbons (Fsp3) is 0.364. The van der Waals surface area contributed by atoms with E-state index in [1.165, 1.54) is 6.33 Å². The van der Waals surface area contributed by atoms with Crippen molar-refractivity contribution >= 4 is 22.8 Å². The van der Waals surface area contributed by atoms with Gasteiger partial charge in [0.05, 0.1) is 5.39 Å². The number of rotatable bonds is 3. The number of carbonyl (C=O) groups is 1. The molecule has 0 aromatic carbocycles. The van der Waals surface area contributed by atoms with Crippen LogP contribution >= 0.6 is 0 Å². The van der Waals surface area contributed by atoms with Gasteiger partial charge in [0.25, 0.3) is 0 Å². The number of hydrogen-bond acceptors (Lipinski definition) is 4. The lowest BCUT2D eigenvalue weighted by molar-refractivity contribution is -0.117. The van der Waals surface area contributed by atoms with Gasteiger partial charge in [-0.2, -0.15) is 0 Å². The first-order chi connectivity index (χ1) is 9.29. The zero-order valence-electron chi connectivity index (χ0n) is 10.0. The molecule has 1 N–H and O–H groups in total. The molecule has 3 rings (SSSR count). The van der Waals surface area contributed by atoms with Gasteiger partial charge >= 0.3 is 0 Å². The van der Waals surface area contributed by atoms with E-state index in [9.17, 15) is 4.79 Å². The summed E-state index contributed by atoms with van der Waals surface area (Å²) < 4.78 is 0. The molecule has 96 valence electrons. The Kier molecular flexibility index (Phi) is 2.77. The summed E-state index contributed by atoms with van der Waals surface area (Å²) in [4.78, 5) is 27.7. The number of hydrogen-bond donors (Lipinski definition) is 1. The number of H-pyrrole nitrogens is 1. The van der Waals surface area contributed by atoms with Crippen molar-refractivity contribution in [2.45, 2.75) is 6.42 Å². The van der Waals surface area contributed by atoms with Gasteiger partial charge in [0.15, 0.2) is 0 Å². The highest BCUT2D eigenvalue weighted by Crippen LogP contribution is 2.28. The van der Waals surface area contributed by atoms with Gasteiger partial charge in [-0.25, -0.2) is 9.97 Å². The van der Waals surface area contributed by atoms with Crippen LogP contribution in [-0.4, -0.2) is 33.9 Å². The third-order valence-corrected chi connectivity index (χ3v) is 3.20. The number of amides is 1. The summed E-state index contributed by atoms with van der Waals surface area (Å²) in [7, 11) is 0. The Labute approximate surface area is 108 Å². The average Bonchev–Trinajstić information content (AvgIpc) is 3.02. The van der Waals surface area contributed by atoms with Crippen LogP contribution in [0.5, 0.6) is 0 Å². The molecule has 2 aromatic heterocycles. The predicted octanol–water partition coefficient (Wildman–Crippen LogP) is 1.62. The molecule has 0 spiro atoms. The normalized spacial score (nSPS) is 18.8. The molecule has 1 saturated heterocycles. The average molecular weight is 257 g/mol. The largest absolute Gasteiger partial charge is 0.346 e. The lowest BCUT2D eigenvalue weighted by Gasteiger charge is -2.15. The molecule has 1 fully saturated rings. The molecule has 1 unspecified atom stereocenters. The van der Waals surface area contributed by atoms with Gasteiger partial charge in [-0.3, -0.25) is 9.69 Å². The predicted molar refractivity (Wildman–Crippen MR) is 68.4 cm³/mol. The molecule has 1 aliphatic rings. The van der Waals surface area contributed by atoms with Crippen LogP contribution in [0.15, 0.2) is 23.7 Å². The number of fused-ring (bicyclic) bond motifs is 1. The molecule has 0 radical (unpaired) electrons. The summed E-state index contributed by atoms with van der Waals surface area (Å²) in [5.74, 6) is 0.659. The monoisotopic (exact) mass is 257 g/mol. The highest BCUT2D eigenvalue weighted by molar-refractivity contribution is 6.01. The SMILES string of the molecule is [N-]=[N+]=NCC1CC(=O)N(c2ncnc3[nH]ccc23)C1. The van der Waals surface area contributed by atoms with Crippen LogP contribution in [0, 0.1) is 5.92 Å². The zero-order valence-corrected chi connectivity index (χ0v) is 10.0. The standard InChI is InChI=1S/C11H11N7O/c12-17-16-4-7-3-9(19)18(5-7)11-8-1-2-13-10(8)14-6-15-11/h1-2,6-7H,3-5H2,(H,13,14,15). The number of nitrogens with one attached hydrogen (secondary N) is 1. The van der Waals surface area contributed by atoms with Crippen molar-refractivity contribution in [2.75, 3.05) is 18.0 Å². The number of azide groups is 1. The van der Waals surface area contributed by atoms with Gasteiger partial charge in [-0.05, 0) is 17.5 Å². The van der Waals surface area contributed by atoms with E-state index < -0.39 is 0 Å². The van der Waals surface area contributed by atoms with Gasteiger partial charge in [-0.15, -0.1) is 0 Å². The quantitative estimate of drug-likeness (QED) is 0.512. The maximum Gasteiger partial charge on any atom is 0.228 e. The number of nitrogens with zero attached hydrogens (tertiary/aromatic N) is 6. The first-order valence-electron chi connectivity index (χ1n) is 5.89. The fourth-order valence-corrected chi connectivity index (χ4v) is 2.33. The number of carbonyl (C=O) groups excluding carboxylic acids is 1. The summed E-state index contributed by atoms with van der Waals surface area (Å²) in [6.07, 6.45) is 3.58. The molecule has 1 aliphatic heterocycles. The first-order valence-corrected chi connectivity index (χ1v) is 5.89. The van der Waals surface area contributed by atoms with Gasteiger partial charge in [0.1, 0.15) is 17.8 Å². The Hall–Kier alpha value is -2.60. The second kappa shape index (κ2) is 4.58. The molecule has 3 heterocycles. The van der Waals surface area contributed by atoms with Crippen LogP contribution in [0.2, 0.25) is 0 Å². The molecule has 8 heteroatoms. The van der Waals surface area contributed by atoms with Crippen molar-refractivity contribution in [3.8, 4) is 0 Å². The highest BCUT2D eigenvalue weighted by Gasteiger charge is 2.31. The maximum absolute atomic E-state index is 12.0. The molecule has 0 bridgehead atoms. The van der Waals surface area contributed by atoms with E-state index in [4.69, 9.17) is 5.53 Å². The maximum atomic E-state index is 12.0. The van der Waals surface area contributed by atoms with E-state index in [0.29, 0.717) is 31.0 Å². The first kappa shape index (κ1) is 11.5. The Morgan fingerprint density at radius 2 is 2.47 bits per heavy atom. The van der Waals surface area contributed by atoms with Gasteiger partial charge in [0.2, 0.25) is 5.91 Å². The molecular weight excluding hydrogens is 246 g/mol. The number of anilines is 1. The van der Waals surface area contributed by atoms with E-state index in [1.807, 2.05) is 6.07 Å². The van der Waals surface area contributed by atoms with Crippen molar-refractivity contribution in [3.63, 3.8) is 0 Å². The van der Waals surface area contributed by atoms with Crippen molar-refractivity contribution in [1.82, 2.24) is 15.0 Å². The molecule has 2 aromatic rings. The van der Waals surface area contributed by atoms with Gasteiger partial charge in [0, 0.05) is 30.6 Å². The molecule has 1 atom stereocenters. The van der Waals surface area contributed by atoms with E-state index in [2.05, 4.69) is 25.0 Å². The van der Waals surface area contributed by atoms with E-state index in [-0.39, 0.29) is 11.8 Å². The van der Waals surface area contributed by atoms with Crippen LogP contribution in [-0.2, 0) is 4.79 Å². The topological polar surface area (TPSA) is 111 Å². The van der Waals surface area contributed by atoms with Gasteiger partial charge in [-0.1, -0.05) is 5.11 Å². The summed E-state index contributed by atoms with van der Waals surface area (Å²) in [5, 5.41) is 4.35. The highest BCUT2D eigenvalue weighted by atomic mass is 16.2. The molecule has 8 nitrogen and oxygen atoms in total. The Morgan fingerprint density at radius 3 is 3.32 bits per heavy atom. The summed E-state index contributed by atoms with van der Waals surface area (Å²) >= 11 is 0. The van der Waals surface area contributed by atoms with E-state index in [1.54, 1.807) is 11.1 Å². The van der Waals surface area contributed by atoms with Crippen LogP contribution < -0.4 is 4.90 Å². The molecule has 19 heavy (non-hydrogen) atoms. The summed E-state index contributed by atoms with van der Waals surface area (Å²) in [5.41, 5.74) is 9.03. The third kappa shape index (κ3) is 1.98. The second-order valence-corrected chi connectivity index (χ2v) is 4.43. The summed E-state index contributed by atoms with van der Waals surface area (Å²) in [6.45, 7) is 0.856. The van der Waals surface area contributed by atoms with E-state index >= 15 is 0 Å². The van der Waals surface area contributed by atoms with E-state index in [0.717, 1.165) is 5.39 Å². The Balaban J connectivity index is 1.92. The van der Waals surface area contributed by atoms with Crippen molar-refractivity contribution in [3.05, 3.63) is 29.0 Å². The molecule has 1 amide bonds. The second-order valence-electron chi connectivity index (χ2n) is 4.43. The van der Waals surface area contributed by atoms with Crippen LogP contribution in [0.4, 0.5) is 5.82 Å².